The first-order valence-corrected chi connectivity index (χ1v) is 14.1. The predicted octanol–water partition coefficient (Wildman–Crippen LogP) is 9.86. The van der Waals surface area contributed by atoms with Crippen LogP contribution < -0.4 is 4.90 Å². The highest BCUT2D eigenvalue weighted by Crippen LogP contribution is 2.38. The van der Waals surface area contributed by atoms with E-state index in [1.165, 1.54) is 10.8 Å². The lowest BCUT2D eigenvalue weighted by atomic mass is 10.1. The van der Waals surface area contributed by atoms with Gasteiger partial charge in [0, 0.05) is 34.2 Å². The minimum Gasteiger partial charge on any atom is -0.310 e. The van der Waals surface area contributed by atoms with E-state index >= 15 is 0 Å². The Morgan fingerprint density at radius 2 is 1.19 bits per heavy atom. The Labute approximate surface area is 243 Å². The van der Waals surface area contributed by atoms with Gasteiger partial charge in [0.1, 0.15) is 5.82 Å². The topological polar surface area (TPSA) is 34.0 Å². The Morgan fingerprint density at radius 3 is 2.07 bits per heavy atom. The number of fused-ring (bicyclic) bond motifs is 3. The van der Waals surface area contributed by atoms with E-state index in [0.717, 1.165) is 56.1 Å². The second kappa shape index (κ2) is 10.0. The summed E-state index contributed by atoms with van der Waals surface area (Å²) in [6.07, 6.45) is 1.85. The molecule has 0 radical (unpaired) electrons. The smallest absolute Gasteiger partial charge is 0.145 e. The number of aromatic nitrogens is 3. The van der Waals surface area contributed by atoms with Crippen LogP contribution in [-0.2, 0) is 0 Å². The van der Waals surface area contributed by atoms with E-state index in [4.69, 9.17) is 9.97 Å². The van der Waals surface area contributed by atoms with Crippen LogP contribution in [0, 0.1) is 0 Å². The van der Waals surface area contributed by atoms with Crippen molar-refractivity contribution in [1.82, 2.24) is 14.5 Å². The van der Waals surface area contributed by atoms with E-state index in [1.807, 2.05) is 18.3 Å². The van der Waals surface area contributed by atoms with Gasteiger partial charge in [-0.15, -0.1) is 0 Å². The Bertz CT molecular complexity index is 2190. The van der Waals surface area contributed by atoms with Crippen molar-refractivity contribution >= 4 is 49.8 Å². The lowest BCUT2D eigenvalue weighted by Gasteiger charge is -2.26. The molecule has 0 atom stereocenters. The number of nitrogens with zero attached hydrogens (tertiary/aromatic N) is 4. The fourth-order valence-corrected chi connectivity index (χ4v) is 5.83. The van der Waals surface area contributed by atoms with Crippen LogP contribution in [0.4, 0.5) is 17.1 Å². The maximum absolute atomic E-state index is 5.11. The van der Waals surface area contributed by atoms with Crippen LogP contribution in [0.1, 0.15) is 0 Å². The van der Waals surface area contributed by atoms with E-state index in [1.54, 1.807) is 0 Å². The van der Waals surface area contributed by atoms with E-state index < -0.39 is 0 Å². The summed E-state index contributed by atoms with van der Waals surface area (Å²) in [5.74, 6) is 0.887. The second-order valence-electron chi connectivity index (χ2n) is 10.4. The van der Waals surface area contributed by atoms with Crippen LogP contribution in [0.3, 0.4) is 0 Å². The van der Waals surface area contributed by atoms with Gasteiger partial charge in [0.2, 0.25) is 0 Å². The van der Waals surface area contributed by atoms with Gasteiger partial charge in [-0.25, -0.2) is 4.98 Å². The van der Waals surface area contributed by atoms with Crippen molar-refractivity contribution in [3.8, 4) is 17.1 Å². The molecule has 8 rings (SSSR count). The highest BCUT2D eigenvalue weighted by atomic mass is 15.1. The van der Waals surface area contributed by atoms with Crippen molar-refractivity contribution in [3.63, 3.8) is 0 Å². The molecular formula is C38H26N4. The van der Waals surface area contributed by atoms with Gasteiger partial charge in [-0.1, -0.05) is 78.9 Å². The molecule has 42 heavy (non-hydrogen) atoms. The maximum atomic E-state index is 5.11. The largest absolute Gasteiger partial charge is 0.310 e. The van der Waals surface area contributed by atoms with Crippen LogP contribution in [-0.4, -0.2) is 14.5 Å². The minimum absolute atomic E-state index is 0.887. The summed E-state index contributed by atoms with van der Waals surface area (Å²) in [4.78, 5) is 12.2. The third-order valence-corrected chi connectivity index (χ3v) is 7.80. The highest BCUT2D eigenvalue weighted by Gasteiger charge is 2.18. The molecule has 2 aromatic heterocycles. The van der Waals surface area contributed by atoms with Crippen molar-refractivity contribution < 1.29 is 0 Å². The maximum Gasteiger partial charge on any atom is 0.145 e. The molecule has 0 unspecified atom stereocenters. The predicted molar refractivity (Wildman–Crippen MR) is 174 cm³/mol. The van der Waals surface area contributed by atoms with Crippen LogP contribution in [0.25, 0.3) is 49.8 Å². The molecule has 0 spiro atoms. The molecule has 6 aromatic carbocycles. The number of anilines is 3. The molecule has 0 saturated heterocycles. The quantitative estimate of drug-likeness (QED) is 0.219. The van der Waals surface area contributed by atoms with Gasteiger partial charge in [0.15, 0.2) is 0 Å². The molecule has 198 valence electrons. The third kappa shape index (κ3) is 4.09. The molecule has 0 aliphatic heterocycles. The van der Waals surface area contributed by atoms with Crippen LogP contribution in [0.15, 0.2) is 158 Å². The first-order chi connectivity index (χ1) is 20.8. The zero-order chi connectivity index (χ0) is 27.9. The molecule has 0 saturated carbocycles. The summed E-state index contributed by atoms with van der Waals surface area (Å²) in [6.45, 7) is 0. The lowest BCUT2D eigenvalue weighted by Crippen LogP contribution is -2.09. The van der Waals surface area contributed by atoms with Crippen LogP contribution in [0.5, 0.6) is 0 Å². The lowest BCUT2D eigenvalue weighted by molar-refractivity contribution is 1.11. The van der Waals surface area contributed by atoms with Crippen molar-refractivity contribution in [2.24, 2.45) is 0 Å². The number of benzene rings is 6. The third-order valence-electron chi connectivity index (χ3n) is 7.80. The van der Waals surface area contributed by atoms with Gasteiger partial charge >= 0.3 is 0 Å². The molecule has 0 fully saturated rings. The molecule has 0 bridgehead atoms. The average Bonchev–Trinajstić information content (AvgIpc) is 3.45. The zero-order valence-corrected chi connectivity index (χ0v) is 22.8. The van der Waals surface area contributed by atoms with Gasteiger partial charge in [-0.05, 0) is 83.6 Å². The van der Waals surface area contributed by atoms with Crippen LogP contribution >= 0.6 is 0 Å². The fourth-order valence-electron chi connectivity index (χ4n) is 5.83. The molecule has 4 heteroatoms. The number of rotatable bonds is 5. The van der Waals surface area contributed by atoms with Gasteiger partial charge in [0.05, 0.1) is 22.2 Å². The molecule has 0 N–H and O–H groups in total. The molecule has 0 aliphatic carbocycles. The van der Waals surface area contributed by atoms with E-state index in [9.17, 15) is 0 Å². The first kappa shape index (κ1) is 24.1. The zero-order valence-electron chi connectivity index (χ0n) is 22.8. The Hall–Kier alpha value is -5.74. The summed E-state index contributed by atoms with van der Waals surface area (Å²) in [7, 11) is 0. The number of imidazole rings is 1. The van der Waals surface area contributed by atoms with Crippen molar-refractivity contribution in [2.45, 2.75) is 0 Å². The Balaban J connectivity index is 1.28. The van der Waals surface area contributed by atoms with Gasteiger partial charge < -0.3 is 4.90 Å². The molecule has 0 amide bonds. The molecule has 8 aromatic rings. The second-order valence-corrected chi connectivity index (χ2v) is 10.4. The van der Waals surface area contributed by atoms with Gasteiger partial charge in [0.25, 0.3) is 0 Å². The molecule has 0 aliphatic rings. The molecule has 4 nitrogen and oxygen atoms in total. The average molecular weight is 539 g/mol. The minimum atomic E-state index is 0.887. The standard InChI is InChI=1S/C38H26N4/c1-2-14-31(15-3-1)41(33-24-19-27-10-4-5-11-30(27)26-33)32-22-20-29(21-23-32)38-40-34-16-6-7-17-35(34)42(38)36-18-8-12-28-13-9-25-39-37(28)36/h1-26H. The number of hydrogen-bond acceptors (Lipinski definition) is 3. The van der Waals surface area contributed by atoms with Crippen LogP contribution in [0.2, 0.25) is 0 Å². The van der Waals surface area contributed by atoms with Gasteiger partial charge in [-0.2, -0.15) is 0 Å². The first-order valence-electron chi connectivity index (χ1n) is 14.1. The summed E-state index contributed by atoms with van der Waals surface area (Å²) >= 11 is 0. The number of pyridine rings is 1. The van der Waals surface area contributed by atoms with E-state index in [-0.39, 0.29) is 0 Å². The number of para-hydroxylation sites is 4. The molecule has 2 heterocycles. The highest BCUT2D eigenvalue weighted by molar-refractivity contribution is 5.92. The van der Waals surface area contributed by atoms with E-state index in [0.29, 0.717) is 0 Å². The monoisotopic (exact) mass is 538 g/mol. The fraction of sp³-hybridized carbons (Fsp3) is 0. The Kier molecular flexibility index (Phi) is 5.75. The molecular weight excluding hydrogens is 512 g/mol. The van der Waals surface area contributed by atoms with Gasteiger partial charge in [-0.3, -0.25) is 9.55 Å². The van der Waals surface area contributed by atoms with Crippen molar-refractivity contribution in [3.05, 3.63) is 158 Å². The summed E-state index contributed by atoms with van der Waals surface area (Å²) in [6, 6.07) is 53.0. The van der Waals surface area contributed by atoms with E-state index in [2.05, 4.69) is 149 Å². The SMILES string of the molecule is c1ccc(N(c2ccc(-c3nc4ccccc4n3-c3cccc4cccnc34)cc2)c2ccc3ccccc3c2)cc1. The van der Waals surface area contributed by atoms with Crippen molar-refractivity contribution in [2.75, 3.05) is 4.90 Å². The summed E-state index contributed by atoms with van der Waals surface area (Å²) < 4.78 is 2.23. The number of hydrogen-bond donors (Lipinski definition) is 0. The summed E-state index contributed by atoms with van der Waals surface area (Å²) in [5.41, 5.74) is 8.30. The summed E-state index contributed by atoms with van der Waals surface area (Å²) in [5, 5.41) is 3.54. The Morgan fingerprint density at radius 1 is 0.500 bits per heavy atom. The normalized spacial score (nSPS) is 11.3. The van der Waals surface area contributed by atoms with Crippen molar-refractivity contribution in [1.29, 1.82) is 0 Å².